The van der Waals surface area contributed by atoms with Crippen LogP contribution in [0.3, 0.4) is 0 Å². The summed E-state index contributed by atoms with van der Waals surface area (Å²) in [7, 11) is 1.57. The van der Waals surface area contributed by atoms with Crippen LogP contribution in [0.25, 0.3) is 0 Å². The number of hydrogen-bond acceptors (Lipinski definition) is 5. The van der Waals surface area contributed by atoms with Gasteiger partial charge < -0.3 is 9.64 Å². The van der Waals surface area contributed by atoms with Crippen molar-refractivity contribution in [2.24, 2.45) is 0 Å². The molecule has 1 fully saturated rings. The van der Waals surface area contributed by atoms with E-state index in [2.05, 4.69) is 23.8 Å². The predicted molar refractivity (Wildman–Crippen MR) is 90.1 cm³/mol. The molecule has 2 aromatic rings. The molecule has 0 spiro atoms. The molecule has 1 aliphatic heterocycles. The lowest BCUT2D eigenvalue weighted by molar-refractivity contribution is 0.0675. The van der Waals surface area contributed by atoms with Gasteiger partial charge in [-0.05, 0) is 25.8 Å². The first-order valence-electron chi connectivity index (χ1n) is 7.74. The molecule has 2 aromatic heterocycles. The normalized spacial score (nSPS) is 17.1. The largest absolute Gasteiger partial charge is 0.481 e. The maximum absolute atomic E-state index is 12.6. The van der Waals surface area contributed by atoms with Crippen molar-refractivity contribution in [1.82, 2.24) is 14.9 Å². The van der Waals surface area contributed by atoms with Gasteiger partial charge in [0.05, 0.1) is 17.7 Å². The molecule has 1 amide bonds. The number of aryl methyl sites for hydroxylation is 1. The quantitative estimate of drug-likeness (QED) is 0.867. The summed E-state index contributed by atoms with van der Waals surface area (Å²) in [5.74, 6) is 0.560. The Morgan fingerprint density at radius 3 is 2.52 bits per heavy atom. The van der Waals surface area contributed by atoms with Gasteiger partial charge in [0.25, 0.3) is 5.91 Å². The van der Waals surface area contributed by atoms with E-state index >= 15 is 0 Å². The zero-order valence-electron chi connectivity index (χ0n) is 13.7. The fraction of sp³-hybridized carbons (Fsp3) is 0.471. The van der Waals surface area contributed by atoms with E-state index in [0.29, 0.717) is 11.4 Å². The third-order valence-electron chi connectivity index (χ3n) is 4.48. The molecule has 23 heavy (non-hydrogen) atoms. The van der Waals surface area contributed by atoms with Crippen molar-refractivity contribution in [2.75, 3.05) is 20.2 Å². The molecular weight excluding hydrogens is 310 g/mol. The smallest absolute Gasteiger partial charge is 0.255 e. The highest BCUT2D eigenvalue weighted by Gasteiger charge is 2.35. The van der Waals surface area contributed by atoms with E-state index < -0.39 is 0 Å². The number of thiazole rings is 1. The number of nitrogens with zero attached hydrogens (tertiary/aromatic N) is 3. The molecule has 0 radical (unpaired) electrons. The fourth-order valence-electron chi connectivity index (χ4n) is 2.86. The summed E-state index contributed by atoms with van der Waals surface area (Å²) in [6.45, 7) is 5.84. The molecule has 3 heterocycles. The van der Waals surface area contributed by atoms with E-state index in [1.807, 2.05) is 11.1 Å². The summed E-state index contributed by atoms with van der Waals surface area (Å²) in [5.41, 5.74) is 0.688. The molecule has 0 unspecified atom stereocenters. The van der Waals surface area contributed by atoms with Crippen LogP contribution in [0.1, 0.15) is 40.0 Å². The van der Waals surface area contributed by atoms with Gasteiger partial charge in [-0.15, -0.1) is 11.3 Å². The van der Waals surface area contributed by atoms with Crippen molar-refractivity contribution in [1.29, 1.82) is 0 Å². The van der Waals surface area contributed by atoms with Crippen LogP contribution in [-0.4, -0.2) is 41.0 Å². The second-order valence-corrected chi connectivity index (χ2v) is 7.45. The standard InChI is InChI=1S/C17H21N3O2S/c1-12-10-19-16(23-12)17(2)6-8-20(9-7-17)15(21)13-4-5-14(22-3)18-11-13/h4-5,10-11H,6-9H2,1-3H3. The van der Waals surface area contributed by atoms with Gasteiger partial charge in [0.2, 0.25) is 5.88 Å². The van der Waals surface area contributed by atoms with Crippen LogP contribution >= 0.6 is 11.3 Å². The number of carbonyl (C=O) groups excluding carboxylic acids is 1. The van der Waals surface area contributed by atoms with Crippen LogP contribution < -0.4 is 4.74 Å². The number of carbonyl (C=O) groups is 1. The van der Waals surface area contributed by atoms with E-state index in [0.717, 1.165) is 25.9 Å². The minimum atomic E-state index is 0.0394. The Labute approximate surface area is 140 Å². The number of rotatable bonds is 3. The number of ether oxygens (including phenoxy) is 1. The number of aromatic nitrogens is 2. The van der Waals surface area contributed by atoms with Gasteiger partial charge in [0.15, 0.2) is 0 Å². The Kier molecular flexibility index (Phi) is 4.35. The summed E-state index contributed by atoms with van der Waals surface area (Å²) < 4.78 is 5.03. The molecule has 0 bridgehead atoms. The van der Waals surface area contributed by atoms with Gasteiger partial charge in [-0.2, -0.15) is 0 Å². The highest BCUT2D eigenvalue weighted by Crippen LogP contribution is 2.37. The van der Waals surface area contributed by atoms with Crippen LogP contribution in [0.2, 0.25) is 0 Å². The van der Waals surface area contributed by atoms with Gasteiger partial charge in [-0.1, -0.05) is 6.92 Å². The topological polar surface area (TPSA) is 55.3 Å². The maximum Gasteiger partial charge on any atom is 0.255 e. The molecule has 0 N–H and O–H groups in total. The van der Waals surface area contributed by atoms with Crippen LogP contribution in [-0.2, 0) is 5.41 Å². The second-order valence-electron chi connectivity index (χ2n) is 6.22. The molecule has 0 saturated carbocycles. The Morgan fingerprint density at radius 1 is 1.26 bits per heavy atom. The first kappa shape index (κ1) is 15.9. The third-order valence-corrected chi connectivity index (χ3v) is 5.70. The summed E-state index contributed by atoms with van der Waals surface area (Å²) in [5, 5.41) is 1.19. The van der Waals surface area contributed by atoms with Gasteiger partial charge in [0.1, 0.15) is 0 Å². The number of pyridine rings is 1. The Bertz CT molecular complexity index is 688. The Hall–Kier alpha value is -1.95. The van der Waals surface area contributed by atoms with E-state index in [1.54, 1.807) is 36.8 Å². The SMILES string of the molecule is COc1ccc(C(=O)N2CCC(C)(c3ncc(C)s3)CC2)cn1. The summed E-state index contributed by atoms with van der Waals surface area (Å²) in [6.07, 6.45) is 5.40. The van der Waals surface area contributed by atoms with Crippen LogP contribution in [0, 0.1) is 6.92 Å². The van der Waals surface area contributed by atoms with Gasteiger partial charge in [0, 0.05) is 41.8 Å². The maximum atomic E-state index is 12.6. The van der Waals surface area contributed by atoms with E-state index in [-0.39, 0.29) is 11.3 Å². The second kappa shape index (κ2) is 6.28. The van der Waals surface area contributed by atoms with Gasteiger partial charge >= 0.3 is 0 Å². The predicted octanol–water partition coefficient (Wildman–Crippen LogP) is 3.05. The zero-order valence-corrected chi connectivity index (χ0v) is 14.5. The van der Waals surface area contributed by atoms with Crippen molar-refractivity contribution in [3.63, 3.8) is 0 Å². The molecular formula is C17H21N3O2S. The molecule has 1 saturated heterocycles. The number of hydrogen-bond donors (Lipinski definition) is 0. The van der Waals surface area contributed by atoms with Crippen molar-refractivity contribution >= 4 is 17.2 Å². The van der Waals surface area contributed by atoms with E-state index in [4.69, 9.17) is 4.74 Å². The minimum absolute atomic E-state index is 0.0394. The van der Waals surface area contributed by atoms with Crippen molar-refractivity contribution in [2.45, 2.75) is 32.1 Å². The van der Waals surface area contributed by atoms with Crippen LogP contribution in [0.4, 0.5) is 0 Å². The monoisotopic (exact) mass is 331 g/mol. The lowest BCUT2D eigenvalue weighted by Crippen LogP contribution is -2.43. The lowest BCUT2D eigenvalue weighted by Gasteiger charge is -2.38. The first-order valence-corrected chi connectivity index (χ1v) is 8.56. The molecule has 0 atom stereocenters. The third kappa shape index (κ3) is 3.22. The number of methoxy groups -OCH3 is 1. The summed E-state index contributed by atoms with van der Waals surface area (Å²) in [6, 6.07) is 3.49. The van der Waals surface area contributed by atoms with Crippen molar-refractivity contribution in [3.8, 4) is 5.88 Å². The highest BCUT2D eigenvalue weighted by atomic mass is 32.1. The summed E-state index contributed by atoms with van der Waals surface area (Å²) >= 11 is 1.76. The Balaban J connectivity index is 1.67. The average Bonchev–Trinajstić information content (AvgIpc) is 3.02. The van der Waals surface area contributed by atoms with Crippen LogP contribution in [0.15, 0.2) is 24.5 Å². The van der Waals surface area contributed by atoms with E-state index in [1.165, 1.54) is 9.88 Å². The average molecular weight is 331 g/mol. The fourth-order valence-corrected chi connectivity index (χ4v) is 3.83. The molecule has 0 aromatic carbocycles. The van der Waals surface area contributed by atoms with Crippen molar-refractivity contribution < 1.29 is 9.53 Å². The molecule has 0 aliphatic carbocycles. The summed E-state index contributed by atoms with van der Waals surface area (Å²) in [4.78, 5) is 24.4. The van der Waals surface area contributed by atoms with Gasteiger partial charge in [-0.25, -0.2) is 9.97 Å². The lowest BCUT2D eigenvalue weighted by atomic mass is 9.81. The molecule has 5 nitrogen and oxygen atoms in total. The number of amides is 1. The Morgan fingerprint density at radius 2 is 2.00 bits per heavy atom. The van der Waals surface area contributed by atoms with Crippen molar-refractivity contribution in [3.05, 3.63) is 40.0 Å². The van der Waals surface area contributed by atoms with Gasteiger partial charge in [-0.3, -0.25) is 4.79 Å². The number of piperidine rings is 1. The zero-order chi connectivity index (χ0) is 16.4. The molecule has 122 valence electrons. The molecule has 6 heteroatoms. The van der Waals surface area contributed by atoms with Crippen LogP contribution in [0.5, 0.6) is 5.88 Å². The molecule has 1 aliphatic rings. The van der Waals surface area contributed by atoms with E-state index in [9.17, 15) is 4.79 Å². The highest BCUT2D eigenvalue weighted by molar-refractivity contribution is 7.11. The number of likely N-dealkylation sites (tertiary alicyclic amines) is 1. The molecule has 3 rings (SSSR count). The first-order chi connectivity index (χ1) is 11.0. The minimum Gasteiger partial charge on any atom is -0.481 e.